The quantitative estimate of drug-likeness (QED) is 0.749. The minimum Gasteiger partial charge on any atom is -0.262 e. The van der Waals surface area contributed by atoms with Crippen LogP contribution in [-0.4, -0.2) is 9.78 Å². The largest absolute Gasteiger partial charge is 0.262 e. The Balaban J connectivity index is 2.73. The Morgan fingerprint density at radius 3 is 2.71 bits per heavy atom. The van der Waals surface area contributed by atoms with E-state index in [1.165, 1.54) is 10.9 Å². The number of nitrogens with zero attached hydrogens (tertiary/aromatic N) is 2. The lowest BCUT2D eigenvalue weighted by molar-refractivity contribution is 0.546. The van der Waals surface area contributed by atoms with E-state index in [4.69, 9.17) is 0 Å². The van der Waals surface area contributed by atoms with E-state index in [1.54, 1.807) is 0 Å². The van der Waals surface area contributed by atoms with Crippen LogP contribution in [-0.2, 0) is 5.33 Å². The average molecular weight is 253 g/mol. The molecule has 1 aromatic carbocycles. The zero-order valence-corrected chi connectivity index (χ0v) is 9.95. The molecule has 74 valence electrons. The molecule has 0 N–H and O–H groups in total. The summed E-state index contributed by atoms with van der Waals surface area (Å²) in [5, 5.41) is 6.64. The summed E-state index contributed by atoms with van der Waals surface area (Å²) < 4.78 is 2.08. The summed E-state index contributed by atoms with van der Waals surface area (Å²) in [6.45, 7) is 4.30. The van der Waals surface area contributed by atoms with Gasteiger partial charge in [0.15, 0.2) is 0 Å². The molecule has 0 fully saturated rings. The van der Waals surface area contributed by atoms with Crippen LogP contribution in [0.1, 0.15) is 25.6 Å². The number of rotatable bonds is 2. The van der Waals surface area contributed by atoms with Gasteiger partial charge < -0.3 is 0 Å². The summed E-state index contributed by atoms with van der Waals surface area (Å²) in [6.07, 6.45) is 0. The maximum atomic E-state index is 4.58. The van der Waals surface area contributed by atoms with Crippen LogP contribution in [0.15, 0.2) is 24.3 Å². The second kappa shape index (κ2) is 3.73. The Labute approximate surface area is 92.0 Å². The summed E-state index contributed by atoms with van der Waals surface area (Å²) in [7, 11) is 0. The number of hydrogen-bond acceptors (Lipinski definition) is 1. The molecule has 0 aliphatic rings. The molecule has 0 spiro atoms. The smallest absolute Gasteiger partial charge is 0.0808 e. The van der Waals surface area contributed by atoms with Gasteiger partial charge in [0.05, 0.1) is 11.2 Å². The van der Waals surface area contributed by atoms with Crippen LogP contribution in [0.4, 0.5) is 0 Å². The first-order chi connectivity index (χ1) is 6.74. The maximum Gasteiger partial charge on any atom is 0.0808 e. The zero-order chi connectivity index (χ0) is 10.1. The monoisotopic (exact) mass is 252 g/mol. The summed E-state index contributed by atoms with van der Waals surface area (Å²) in [4.78, 5) is 0. The van der Waals surface area contributed by atoms with Gasteiger partial charge in [-0.3, -0.25) is 4.68 Å². The van der Waals surface area contributed by atoms with Crippen molar-refractivity contribution in [3.8, 4) is 0 Å². The molecule has 0 atom stereocenters. The third-order valence-corrected chi connectivity index (χ3v) is 2.84. The van der Waals surface area contributed by atoms with Crippen LogP contribution >= 0.6 is 15.9 Å². The lowest BCUT2D eigenvalue weighted by Crippen LogP contribution is -2.02. The topological polar surface area (TPSA) is 17.8 Å². The Morgan fingerprint density at radius 2 is 2.07 bits per heavy atom. The van der Waals surface area contributed by atoms with E-state index in [0.717, 1.165) is 11.0 Å². The van der Waals surface area contributed by atoms with E-state index in [1.807, 2.05) is 0 Å². The summed E-state index contributed by atoms with van der Waals surface area (Å²) in [6, 6.07) is 8.77. The highest BCUT2D eigenvalue weighted by Gasteiger charge is 2.10. The van der Waals surface area contributed by atoms with Crippen molar-refractivity contribution in [2.45, 2.75) is 25.2 Å². The van der Waals surface area contributed by atoms with Crippen molar-refractivity contribution in [1.29, 1.82) is 0 Å². The van der Waals surface area contributed by atoms with Crippen molar-refractivity contribution in [3.63, 3.8) is 0 Å². The van der Waals surface area contributed by atoms with E-state index in [9.17, 15) is 0 Å². The number of para-hydroxylation sites is 1. The van der Waals surface area contributed by atoms with Crippen molar-refractivity contribution in [2.24, 2.45) is 0 Å². The van der Waals surface area contributed by atoms with Crippen LogP contribution in [0.2, 0.25) is 0 Å². The first kappa shape index (κ1) is 9.71. The molecule has 14 heavy (non-hydrogen) atoms. The molecular weight excluding hydrogens is 240 g/mol. The molecule has 0 bridgehead atoms. The Hall–Kier alpha value is -0.830. The summed E-state index contributed by atoms with van der Waals surface area (Å²) in [5.74, 6) is 0. The van der Waals surface area contributed by atoms with E-state index < -0.39 is 0 Å². The fourth-order valence-electron chi connectivity index (χ4n) is 1.65. The van der Waals surface area contributed by atoms with Crippen molar-refractivity contribution in [3.05, 3.63) is 30.0 Å². The molecule has 2 nitrogen and oxygen atoms in total. The molecule has 0 saturated heterocycles. The van der Waals surface area contributed by atoms with Crippen molar-refractivity contribution >= 4 is 26.8 Å². The normalized spacial score (nSPS) is 11.4. The second-order valence-electron chi connectivity index (χ2n) is 3.64. The molecule has 1 aromatic heterocycles. The molecule has 0 saturated carbocycles. The molecular formula is C11H13BrN2. The average Bonchev–Trinajstić information content (AvgIpc) is 2.56. The first-order valence-electron chi connectivity index (χ1n) is 4.76. The van der Waals surface area contributed by atoms with Crippen LogP contribution in [0.25, 0.3) is 10.9 Å². The summed E-state index contributed by atoms with van der Waals surface area (Å²) >= 11 is 3.47. The maximum absolute atomic E-state index is 4.58. The van der Waals surface area contributed by atoms with Crippen molar-refractivity contribution in [1.82, 2.24) is 9.78 Å². The van der Waals surface area contributed by atoms with Gasteiger partial charge in [0, 0.05) is 16.8 Å². The number of aromatic nitrogens is 2. The van der Waals surface area contributed by atoms with E-state index >= 15 is 0 Å². The van der Waals surface area contributed by atoms with Crippen LogP contribution in [0, 0.1) is 0 Å². The molecule has 2 aromatic rings. The Kier molecular flexibility index (Phi) is 2.59. The number of halogens is 1. The highest BCUT2D eigenvalue weighted by atomic mass is 79.9. The third kappa shape index (κ3) is 1.46. The summed E-state index contributed by atoms with van der Waals surface area (Å²) in [5.41, 5.74) is 2.34. The van der Waals surface area contributed by atoms with Gasteiger partial charge >= 0.3 is 0 Å². The van der Waals surface area contributed by atoms with Crippen molar-refractivity contribution in [2.75, 3.05) is 0 Å². The molecule has 0 amide bonds. The zero-order valence-electron chi connectivity index (χ0n) is 8.37. The standard InChI is InChI=1S/C11H13BrN2/c1-8(2)14-11-6-4-3-5-9(11)10(7-12)13-14/h3-6,8H,7H2,1-2H3. The van der Waals surface area contributed by atoms with Gasteiger partial charge in [-0.15, -0.1) is 0 Å². The van der Waals surface area contributed by atoms with Crippen LogP contribution in [0.3, 0.4) is 0 Å². The molecule has 0 radical (unpaired) electrons. The SMILES string of the molecule is CC(C)n1nc(CBr)c2ccccc21. The predicted octanol–water partition coefficient (Wildman–Crippen LogP) is 3.51. The van der Waals surface area contributed by atoms with Gasteiger partial charge in [-0.05, 0) is 19.9 Å². The van der Waals surface area contributed by atoms with E-state index in [0.29, 0.717) is 6.04 Å². The third-order valence-electron chi connectivity index (χ3n) is 2.31. The number of alkyl halides is 1. The highest BCUT2D eigenvalue weighted by molar-refractivity contribution is 9.08. The minimum absolute atomic E-state index is 0.410. The first-order valence-corrected chi connectivity index (χ1v) is 5.88. The number of fused-ring (bicyclic) bond motifs is 1. The van der Waals surface area contributed by atoms with Crippen molar-refractivity contribution < 1.29 is 0 Å². The molecule has 0 unspecified atom stereocenters. The Morgan fingerprint density at radius 1 is 1.36 bits per heavy atom. The van der Waals surface area contributed by atoms with E-state index in [-0.39, 0.29) is 0 Å². The lowest BCUT2D eigenvalue weighted by atomic mass is 10.2. The number of hydrogen-bond donors (Lipinski definition) is 0. The van der Waals surface area contributed by atoms with Gasteiger partial charge in [0.25, 0.3) is 0 Å². The molecule has 0 aliphatic carbocycles. The van der Waals surface area contributed by atoms with Gasteiger partial charge in [0.2, 0.25) is 0 Å². The van der Waals surface area contributed by atoms with E-state index in [2.05, 4.69) is 63.8 Å². The molecule has 1 heterocycles. The van der Waals surface area contributed by atoms with Gasteiger partial charge in [-0.1, -0.05) is 34.1 Å². The molecule has 3 heteroatoms. The Bertz CT molecular complexity index is 445. The lowest BCUT2D eigenvalue weighted by Gasteiger charge is -2.05. The van der Waals surface area contributed by atoms with Gasteiger partial charge in [-0.2, -0.15) is 5.10 Å². The van der Waals surface area contributed by atoms with Crippen LogP contribution in [0.5, 0.6) is 0 Å². The van der Waals surface area contributed by atoms with Crippen LogP contribution < -0.4 is 0 Å². The predicted molar refractivity (Wildman–Crippen MR) is 62.7 cm³/mol. The second-order valence-corrected chi connectivity index (χ2v) is 4.20. The number of benzene rings is 1. The fourth-order valence-corrected chi connectivity index (χ4v) is 2.06. The van der Waals surface area contributed by atoms with Gasteiger partial charge in [-0.25, -0.2) is 0 Å². The minimum atomic E-state index is 0.410. The molecule has 2 rings (SSSR count). The highest BCUT2D eigenvalue weighted by Crippen LogP contribution is 2.22. The fraction of sp³-hybridized carbons (Fsp3) is 0.364. The van der Waals surface area contributed by atoms with Gasteiger partial charge in [0.1, 0.15) is 0 Å². The molecule has 0 aliphatic heterocycles.